The number of carbonyl (C=O) groups is 1. The molecule has 0 aliphatic heterocycles. The van der Waals surface area contributed by atoms with E-state index in [1.807, 2.05) is 5.32 Å². The van der Waals surface area contributed by atoms with Crippen LogP contribution >= 0.6 is 0 Å². The third-order valence-electron chi connectivity index (χ3n) is 3.56. The van der Waals surface area contributed by atoms with Gasteiger partial charge in [-0.3, -0.25) is 4.68 Å². The standard InChI is InChI=1S/C16H19F3N4O/c1-11(13-9-20-23(2)10-13)21-15(24)22-14(16(17,18)19)8-12-6-4-3-5-7-12/h3-7,9-11,14H,8H2,1-2H3,(H2,21,22,24)/t11-,14+/m1/s1. The van der Waals surface area contributed by atoms with Gasteiger partial charge in [0.1, 0.15) is 6.04 Å². The number of rotatable bonds is 5. The van der Waals surface area contributed by atoms with Gasteiger partial charge in [0, 0.05) is 25.2 Å². The van der Waals surface area contributed by atoms with Crippen LogP contribution < -0.4 is 10.6 Å². The van der Waals surface area contributed by atoms with Crippen LogP contribution in [0.25, 0.3) is 0 Å². The van der Waals surface area contributed by atoms with E-state index in [0.29, 0.717) is 11.1 Å². The van der Waals surface area contributed by atoms with Crippen molar-refractivity contribution in [2.45, 2.75) is 31.6 Å². The second-order valence-electron chi connectivity index (χ2n) is 5.57. The fraction of sp³-hybridized carbons (Fsp3) is 0.375. The number of aromatic nitrogens is 2. The molecular formula is C16H19F3N4O. The maximum absolute atomic E-state index is 13.2. The Morgan fingerprint density at radius 1 is 1.25 bits per heavy atom. The molecule has 0 aliphatic carbocycles. The fourth-order valence-electron chi connectivity index (χ4n) is 2.24. The van der Waals surface area contributed by atoms with Crippen LogP contribution in [0.3, 0.4) is 0 Å². The van der Waals surface area contributed by atoms with Crippen LogP contribution in [0, 0.1) is 0 Å². The highest BCUT2D eigenvalue weighted by Gasteiger charge is 2.40. The molecule has 2 amide bonds. The molecule has 24 heavy (non-hydrogen) atoms. The quantitative estimate of drug-likeness (QED) is 0.879. The Hall–Kier alpha value is -2.51. The smallest absolute Gasteiger partial charge is 0.332 e. The van der Waals surface area contributed by atoms with Crippen LogP contribution in [0.2, 0.25) is 0 Å². The number of hydrogen-bond acceptors (Lipinski definition) is 2. The third kappa shape index (κ3) is 5.00. The topological polar surface area (TPSA) is 59.0 Å². The second kappa shape index (κ2) is 7.37. The van der Waals surface area contributed by atoms with Crippen molar-refractivity contribution in [1.82, 2.24) is 20.4 Å². The predicted octanol–water partition coefficient (Wildman–Crippen LogP) is 2.95. The van der Waals surface area contributed by atoms with Crippen LogP contribution in [0.5, 0.6) is 0 Å². The number of halogens is 3. The molecule has 2 N–H and O–H groups in total. The second-order valence-corrected chi connectivity index (χ2v) is 5.57. The molecule has 0 spiro atoms. The van der Waals surface area contributed by atoms with Crippen LogP contribution in [0.1, 0.15) is 24.1 Å². The molecule has 0 aliphatic rings. The number of benzene rings is 1. The highest BCUT2D eigenvalue weighted by Crippen LogP contribution is 2.23. The average molecular weight is 340 g/mol. The third-order valence-corrected chi connectivity index (χ3v) is 3.56. The van der Waals surface area contributed by atoms with Crippen molar-refractivity contribution in [2.75, 3.05) is 0 Å². The molecule has 1 aromatic heterocycles. The van der Waals surface area contributed by atoms with Gasteiger partial charge in [-0.1, -0.05) is 30.3 Å². The summed E-state index contributed by atoms with van der Waals surface area (Å²) in [5.41, 5.74) is 1.21. The largest absolute Gasteiger partial charge is 0.408 e. The summed E-state index contributed by atoms with van der Waals surface area (Å²) >= 11 is 0. The maximum Gasteiger partial charge on any atom is 0.408 e. The number of carbonyl (C=O) groups excluding carboxylic acids is 1. The van der Waals surface area contributed by atoms with E-state index >= 15 is 0 Å². The molecule has 0 bridgehead atoms. The molecule has 8 heteroatoms. The van der Waals surface area contributed by atoms with Crippen molar-refractivity contribution in [3.05, 3.63) is 53.9 Å². The van der Waals surface area contributed by atoms with Gasteiger partial charge in [-0.05, 0) is 12.5 Å². The van der Waals surface area contributed by atoms with Gasteiger partial charge >= 0.3 is 12.2 Å². The Labute approximate surface area is 137 Å². The summed E-state index contributed by atoms with van der Waals surface area (Å²) in [4.78, 5) is 11.9. The van der Waals surface area contributed by atoms with E-state index in [-0.39, 0.29) is 6.42 Å². The lowest BCUT2D eigenvalue weighted by Gasteiger charge is -2.23. The average Bonchev–Trinajstić information content (AvgIpc) is 2.93. The summed E-state index contributed by atoms with van der Waals surface area (Å²) in [5, 5.41) is 8.47. The molecule has 1 aromatic carbocycles. The van der Waals surface area contributed by atoms with Crippen molar-refractivity contribution >= 4 is 6.03 Å². The van der Waals surface area contributed by atoms with Gasteiger partial charge in [-0.2, -0.15) is 18.3 Å². The van der Waals surface area contributed by atoms with Crippen LogP contribution in [-0.2, 0) is 13.5 Å². The lowest BCUT2D eigenvalue weighted by molar-refractivity contribution is -0.152. The van der Waals surface area contributed by atoms with Gasteiger partial charge in [0.2, 0.25) is 0 Å². The molecule has 2 atom stereocenters. The fourth-order valence-corrected chi connectivity index (χ4v) is 2.24. The van der Waals surface area contributed by atoms with Gasteiger partial charge < -0.3 is 10.6 Å². The number of alkyl halides is 3. The summed E-state index contributed by atoms with van der Waals surface area (Å²) < 4.78 is 41.1. The molecule has 1 heterocycles. The summed E-state index contributed by atoms with van der Waals surface area (Å²) in [7, 11) is 1.72. The molecule has 2 aromatic rings. The predicted molar refractivity (Wildman–Crippen MR) is 83.3 cm³/mol. The summed E-state index contributed by atoms with van der Waals surface area (Å²) in [5.74, 6) is 0. The highest BCUT2D eigenvalue weighted by atomic mass is 19.4. The number of nitrogens with one attached hydrogen (secondary N) is 2. The molecule has 130 valence electrons. The van der Waals surface area contributed by atoms with E-state index in [0.717, 1.165) is 0 Å². The minimum Gasteiger partial charge on any atom is -0.332 e. The van der Waals surface area contributed by atoms with E-state index < -0.39 is 24.3 Å². The van der Waals surface area contributed by atoms with Gasteiger partial charge in [0.25, 0.3) is 0 Å². The summed E-state index contributed by atoms with van der Waals surface area (Å²) in [6, 6.07) is 4.95. The highest BCUT2D eigenvalue weighted by molar-refractivity contribution is 5.74. The number of aryl methyl sites for hydroxylation is 1. The molecule has 0 saturated heterocycles. The monoisotopic (exact) mass is 340 g/mol. The molecule has 5 nitrogen and oxygen atoms in total. The normalized spacial score (nSPS) is 14.0. The van der Waals surface area contributed by atoms with Crippen LogP contribution in [0.15, 0.2) is 42.7 Å². The molecule has 0 radical (unpaired) electrons. The van der Waals surface area contributed by atoms with Gasteiger partial charge in [0.15, 0.2) is 0 Å². The first kappa shape index (κ1) is 17.8. The van der Waals surface area contributed by atoms with Crippen molar-refractivity contribution in [3.8, 4) is 0 Å². The first-order valence-electron chi connectivity index (χ1n) is 7.42. The Morgan fingerprint density at radius 2 is 1.92 bits per heavy atom. The number of amides is 2. The zero-order valence-corrected chi connectivity index (χ0v) is 13.3. The van der Waals surface area contributed by atoms with E-state index in [2.05, 4.69) is 10.4 Å². The Kier molecular flexibility index (Phi) is 5.48. The zero-order valence-electron chi connectivity index (χ0n) is 13.3. The SMILES string of the molecule is C[C@@H](NC(=O)N[C@@H](Cc1ccccc1)C(F)(F)F)c1cnn(C)c1. The van der Waals surface area contributed by atoms with Crippen molar-refractivity contribution in [1.29, 1.82) is 0 Å². The maximum atomic E-state index is 13.2. The van der Waals surface area contributed by atoms with E-state index in [9.17, 15) is 18.0 Å². The Morgan fingerprint density at radius 3 is 2.46 bits per heavy atom. The lowest BCUT2D eigenvalue weighted by atomic mass is 10.1. The Balaban J connectivity index is 1.99. The molecular weight excluding hydrogens is 321 g/mol. The molecule has 0 unspecified atom stereocenters. The zero-order chi connectivity index (χ0) is 17.7. The van der Waals surface area contributed by atoms with Crippen LogP contribution in [0.4, 0.5) is 18.0 Å². The van der Waals surface area contributed by atoms with Crippen molar-refractivity contribution in [2.24, 2.45) is 7.05 Å². The molecule has 0 saturated carbocycles. The van der Waals surface area contributed by atoms with E-state index in [1.54, 1.807) is 61.4 Å². The number of nitrogens with zero attached hydrogens (tertiary/aromatic N) is 2. The van der Waals surface area contributed by atoms with E-state index in [4.69, 9.17) is 0 Å². The summed E-state index contributed by atoms with van der Waals surface area (Å²) in [6.07, 6.45) is -1.62. The molecule has 0 fully saturated rings. The first-order valence-corrected chi connectivity index (χ1v) is 7.42. The van der Waals surface area contributed by atoms with E-state index in [1.165, 1.54) is 0 Å². The van der Waals surface area contributed by atoms with Gasteiger partial charge in [-0.25, -0.2) is 4.79 Å². The van der Waals surface area contributed by atoms with Gasteiger partial charge in [-0.15, -0.1) is 0 Å². The minimum absolute atomic E-state index is 0.320. The van der Waals surface area contributed by atoms with Crippen LogP contribution in [-0.4, -0.2) is 28.0 Å². The number of hydrogen-bond donors (Lipinski definition) is 2. The first-order chi connectivity index (χ1) is 11.3. The van der Waals surface area contributed by atoms with Gasteiger partial charge in [0.05, 0.1) is 12.2 Å². The number of urea groups is 1. The van der Waals surface area contributed by atoms with Crippen molar-refractivity contribution < 1.29 is 18.0 Å². The lowest BCUT2D eigenvalue weighted by Crippen LogP contribution is -2.50. The summed E-state index contributed by atoms with van der Waals surface area (Å²) in [6.45, 7) is 1.68. The minimum atomic E-state index is -4.54. The Bertz CT molecular complexity index is 669. The molecule has 2 rings (SSSR count). The van der Waals surface area contributed by atoms with Crippen molar-refractivity contribution in [3.63, 3.8) is 0 Å².